The van der Waals surface area contributed by atoms with Crippen LogP contribution in [-0.2, 0) is 43.2 Å². The summed E-state index contributed by atoms with van der Waals surface area (Å²) < 4.78 is 0. The summed E-state index contributed by atoms with van der Waals surface area (Å²) in [5.74, 6) is 0.182. The Hall–Kier alpha value is -3.65. The number of carbonyl (C=O) groups excluding carboxylic acids is 7. The fraction of sp³-hybridized carbons (Fsp3) is 0.471. The molecule has 2 heterocycles. The molecular weight excluding hydrogens is 418 g/mol. The fourth-order valence-electron chi connectivity index (χ4n) is 2.65. The quantitative estimate of drug-likeness (QED) is 0.255. The maximum atomic E-state index is 12.5. The van der Waals surface area contributed by atoms with Crippen molar-refractivity contribution >= 4 is 41.5 Å². The molecule has 2 rings (SSSR count). The maximum absolute atomic E-state index is 12.5. The second-order valence-electron chi connectivity index (χ2n) is 6.40. The van der Waals surface area contributed by atoms with Crippen molar-refractivity contribution in [3.63, 3.8) is 0 Å². The Kier molecular flexibility index (Phi) is 8.33. The molecule has 0 spiro atoms. The minimum absolute atomic E-state index is 0.0402. The Balaban J connectivity index is 1.84. The zero-order chi connectivity index (χ0) is 23.0. The van der Waals surface area contributed by atoms with Gasteiger partial charge in [-0.25, -0.2) is 10.2 Å². The van der Waals surface area contributed by atoms with Crippen LogP contribution in [0.1, 0.15) is 32.1 Å². The number of hydrogen-bond donors (Lipinski definition) is 2. The predicted molar refractivity (Wildman–Crippen MR) is 96.9 cm³/mol. The summed E-state index contributed by atoms with van der Waals surface area (Å²) in [6, 6.07) is 0. The molecule has 0 saturated carbocycles. The van der Waals surface area contributed by atoms with E-state index >= 15 is 0 Å². The third-order valence-corrected chi connectivity index (χ3v) is 4.25. The SMILES string of the molecule is NOC(=O)CCN(NCCC(=O)ON1C(=O)CCC1=O)C(=O)CCN1C(=O)C=CC1=O. The Morgan fingerprint density at radius 1 is 0.968 bits per heavy atom. The van der Waals surface area contributed by atoms with Gasteiger partial charge in [0.15, 0.2) is 0 Å². The fourth-order valence-corrected chi connectivity index (χ4v) is 2.65. The Morgan fingerprint density at radius 3 is 2.16 bits per heavy atom. The summed E-state index contributed by atoms with van der Waals surface area (Å²) in [7, 11) is 0. The van der Waals surface area contributed by atoms with E-state index < -0.39 is 41.5 Å². The Labute approximate surface area is 175 Å². The first kappa shape index (κ1) is 23.6. The van der Waals surface area contributed by atoms with Gasteiger partial charge in [-0.15, -0.1) is 5.06 Å². The average Bonchev–Trinajstić information content (AvgIpc) is 3.23. The number of carbonyl (C=O) groups is 7. The van der Waals surface area contributed by atoms with E-state index in [1.807, 2.05) is 0 Å². The van der Waals surface area contributed by atoms with E-state index in [2.05, 4.69) is 10.3 Å². The first-order valence-corrected chi connectivity index (χ1v) is 9.26. The second-order valence-corrected chi connectivity index (χ2v) is 6.40. The molecule has 0 atom stereocenters. The summed E-state index contributed by atoms with van der Waals surface area (Å²) in [5.41, 5.74) is 2.62. The van der Waals surface area contributed by atoms with Gasteiger partial charge in [0.1, 0.15) is 0 Å². The lowest BCUT2D eigenvalue weighted by atomic mass is 10.3. The number of hydrazine groups is 1. The first-order valence-electron chi connectivity index (χ1n) is 9.26. The van der Waals surface area contributed by atoms with E-state index in [0.717, 1.165) is 22.1 Å². The molecule has 1 fully saturated rings. The van der Waals surface area contributed by atoms with Gasteiger partial charge in [-0.05, 0) is 0 Å². The smallest absolute Gasteiger partial charge is 0.334 e. The number of nitrogens with one attached hydrogen (secondary N) is 1. The van der Waals surface area contributed by atoms with Crippen LogP contribution in [0.5, 0.6) is 0 Å². The maximum Gasteiger partial charge on any atom is 0.334 e. The van der Waals surface area contributed by atoms with Crippen molar-refractivity contribution in [1.82, 2.24) is 20.4 Å². The van der Waals surface area contributed by atoms with Crippen LogP contribution in [0.2, 0.25) is 0 Å². The Bertz CT molecular complexity index is 791. The van der Waals surface area contributed by atoms with Crippen LogP contribution in [0.4, 0.5) is 0 Å². The van der Waals surface area contributed by atoms with Crippen molar-refractivity contribution in [3.8, 4) is 0 Å². The van der Waals surface area contributed by atoms with Gasteiger partial charge < -0.3 is 9.68 Å². The predicted octanol–water partition coefficient (Wildman–Crippen LogP) is -2.56. The first-order chi connectivity index (χ1) is 14.7. The van der Waals surface area contributed by atoms with Crippen LogP contribution >= 0.6 is 0 Å². The van der Waals surface area contributed by atoms with Crippen LogP contribution in [0, 0.1) is 0 Å². The summed E-state index contributed by atoms with van der Waals surface area (Å²) >= 11 is 0. The van der Waals surface area contributed by atoms with Gasteiger partial charge in [-0.1, -0.05) is 0 Å². The van der Waals surface area contributed by atoms with E-state index in [9.17, 15) is 33.6 Å². The highest BCUT2D eigenvalue weighted by Crippen LogP contribution is 2.12. The van der Waals surface area contributed by atoms with E-state index in [-0.39, 0.29) is 51.7 Å². The van der Waals surface area contributed by atoms with E-state index in [0.29, 0.717) is 5.06 Å². The lowest BCUT2D eigenvalue weighted by Gasteiger charge is -2.24. The molecule has 14 nitrogen and oxygen atoms in total. The van der Waals surface area contributed by atoms with Crippen molar-refractivity contribution in [3.05, 3.63) is 12.2 Å². The zero-order valence-corrected chi connectivity index (χ0v) is 16.4. The van der Waals surface area contributed by atoms with E-state index in [4.69, 9.17) is 10.7 Å². The van der Waals surface area contributed by atoms with Crippen molar-refractivity contribution in [2.45, 2.75) is 32.1 Å². The molecule has 0 radical (unpaired) electrons. The van der Waals surface area contributed by atoms with Gasteiger partial charge in [0.2, 0.25) is 5.91 Å². The molecule has 3 N–H and O–H groups in total. The summed E-state index contributed by atoms with van der Waals surface area (Å²) in [4.78, 5) is 91.2. The van der Waals surface area contributed by atoms with E-state index in [1.165, 1.54) is 0 Å². The standard InChI is InChI=1S/C17H21N5O9/c18-30-16(28)7-10-21(13(25)6-9-20-11(23)1-2-12(20)24)19-8-5-17(29)31-22-14(26)3-4-15(22)27/h1-2,19H,3-10,18H2. The van der Waals surface area contributed by atoms with Gasteiger partial charge >= 0.3 is 11.9 Å². The summed E-state index contributed by atoms with van der Waals surface area (Å²) in [6.07, 6.45) is 1.27. The van der Waals surface area contributed by atoms with E-state index in [1.54, 1.807) is 0 Å². The minimum Gasteiger partial charge on any atom is -0.373 e. The highest BCUT2D eigenvalue weighted by atomic mass is 16.7. The van der Waals surface area contributed by atoms with Crippen molar-refractivity contribution in [2.75, 3.05) is 19.6 Å². The largest absolute Gasteiger partial charge is 0.373 e. The monoisotopic (exact) mass is 439 g/mol. The molecule has 14 heteroatoms. The summed E-state index contributed by atoms with van der Waals surface area (Å²) in [5, 5.41) is 1.41. The molecule has 2 aliphatic heterocycles. The molecule has 31 heavy (non-hydrogen) atoms. The summed E-state index contributed by atoms with van der Waals surface area (Å²) in [6.45, 7) is -0.487. The lowest BCUT2D eigenvalue weighted by Crippen LogP contribution is -2.46. The van der Waals surface area contributed by atoms with Gasteiger partial charge in [0.25, 0.3) is 23.6 Å². The molecule has 0 aromatic rings. The lowest BCUT2D eigenvalue weighted by molar-refractivity contribution is -0.197. The molecule has 0 aromatic heterocycles. The van der Waals surface area contributed by atoms with Crippen LogP contribution in [-0.4, -0.2) is 76.1 Å². The third kappa shape index (κ3) is 6.68. The highest BCUT2D eigenvalue weighted by molar-refractivity contribution is 6.13. The normalized spacial score (nSPS) is 15.6. The highest BCUT2D eigenvalue weighted by Gasteiger charge is 2.32. The number of hydrogen-bond acceptors (Lipinski definition) is 11. The van der Waals surface area contributed by atoms with Crippen LogP contribution in [0.15, 0.2) is 12.2 Å². The number of imide groups is 2. The molecule has 1 saturated heterocycles. The number of nitrogens with two attached hydrogens (primary N) is 1. The molecule has 0 aromatic carbocycles. The third-order valence-electron chi connectivity index (χ3n) is 4.25. The van der Waals surface area contributed by atoms with Gasteiger partial charge in [-0.3, -0.25) is 38.7 Å². The van der Waals surface area contributed by atoms with Crippen molar-refractivity contribution in [1.29, 1.82) is 0 Å². The molecule has 0 aliphatic carbocycles. The van der Waals surface area contributed by atoms with Gasteiger partial charge in [0.05, 0.1) is 12.8 Å². The topological polar surface area (TPSA) is 186 Å². The number of hydroxylamine groups is 2. The van der Waals surface area contributed by atoms with Crippen LogP contribution in [0.3, 0.4) is 0 Å². The molecule has 5 amide bonds. The zero-order valence-electron chi connectivity index (χ0n) is 16.4. The van der Waals surface area contributed by atoms with Gasteiger partial charge in [0, 0.05) is 51.0 Å². The number of amides is 5. The second kappa shape index (κ2) is 10.9. The van der Waals surface area contributed by atoms with Crippen LogP contribution < -0.4 is 11.3 Å². The Morgan fingerprint density at radius 2 is 1.58 bits per heavy atom. The number of nitrogens with zero attached hydrogens (tertiary/aromatic N) is 3. The van der Waals surface area contributed by atoms with Crippen LogP contribution in [0.25, 0.3) is 0 Å². The van der Waals surface area contributed by atoms with Crippen molar-refractivity contribution < 1.29 is 43.2 Å². The molecule has 2 aliphatic rings. The molecule has 168 valence electrons. The molecule has 0 bridgehead atoms. The molecular formula is C17H21N5O9. The minimum atomic E-state index is -0.885. The molecule has 0 unspecified atom stereocenters. The number of rotatable bonds is 11. The van der Waals surface area contributed by atoms with Gasteiger partial charge in [-0.2, -0.15) is 5.90 Å². The van der Waals surface area contributed by atoms with Crippen molar-refractivity contribution in [2.24, 2.45) is 5.90 Å². The average molecular weight is 439 g/mol.